The molecule has 2 aromatic heterocycles. The van der Waals surface area contributed by atoms with E-state index in [4.69, 9.17) is 13.9 Å². The lowest BCUT2D eigenvalue weighted by Crippen LogP contribution is -2.21. The molecular weight excluding hydrogens is 590 g/mol. The molecule has 0 atom stereocenters. The minimum absolute atomic E-state index is 0.0786. The standard InChI is InChI=1S/C34H33N5O7/c1-38(19-23-5-4-6-25(15-23)39-14-12-35-21-39)13-11-22-7-9-24(10-8-22)36-33(42)26-16-30(44-2)31(45-3)17-27(26)37-34(43)32-18-28(40)29(41)20-46-32/h4-10,12,14-18,20-21,41H,11,13,19H2,1-3H3,(H,36,42)(H,37,43). The van der Waals surface area contributed by atoms with Gasteiger partial charge in [-0.1, -0.05) is 24.3 Å². The summed E-state index contributed by atoms with van der Waals surface area (Å²) in [6.45, 7) is 1.62. The van der Waals surface area contributed by atoms with Gasteiger partial charge in [-0.3, -0.25) is 14.4 Å². The Labute approximate surface area is 264 Å². The second kappa shape index (κ2) is 14.3. The van der Waals surface area contributed by atoms with Crippen molar-refractivity contribution in [3.05, 3.63) is 124 Å². The van der Waals surface area contributed by atoms with Gasteiger partial charge < -0.3 is 39.1 Å². The highest BCUT2D eigenvalue weighted by atomic mass is 16.5. The molecular formula is C34H33N5O7. The largest absolute Gasteiger partial charge is 0.502 e. The number of hydrogen-bond donors (Lipinski definition) is 3. The van der Waals surface area contributed by atoms with Gasteiger partial charge in [-0.25, -0.2) is 4.98 Å². The van der Waals surface area contributed by atoms with E-state index in [1.165, 1.54) is 31.9 Å². The Morgan fingerprint density at radius 3 is 2.41 bits per heavy atom. The van der Waals surface area contributed by atoms with Gasteiger partial charge in [-0.15, -0.1) is 0 Å². The van der Waals surface area contributed by atoms with Crippen molar-refractivity contribution in [3.8, 4) is 22.9 Å². The summed E-state index contributed by atoms with van der Waals surface area (Å²) >= 11 is 0. The number of nitrogens with zero attached hydrogens (tertiary/aromatic N) is 3. The highest BCUT2D eigenvalue weighted by Gasteiger charge is 2.21. The SMILES string of the molecule is COc1cc(NC(=O)c2cc(=O)c(O)co2)c(C(=O)Nc2ccc(CCN(C)Cc3cccc(-n4ccnc4)c3)cc2)cc1OC. The fraction of sp³-hybridized carbons (Fsp3) is 0.176. The Kier molecular flexibility index (Phi) is 9.78. The van der Waals surface area contributed by atoms with Crippen LogP contribution in [0.2, 0.25) is 0 Å². The van der Waals surface area contributed by atoms with Crippen LogP contribution in [-0.2, 0) is 13.0 Å². The van der Waals surface area contributed by atoms with E-state index < -0.39 is 23.0 Å². The van der Waals surface area contributed by atoms with Crippen LogP contribution in [0.25, 0.3) is 5.69 Å². The van der Waals surface area contributed by atoms with Crippen LogP contribution in [0.5, 0.6) is 17.2 Å². The van der Waals surface area contributed by atoms with E-state index in [1.807, 2.05) is 47.2 Å². The minimum Gasteiger partial charge on any atom is -0.502 e. The lowest BCUT2D eigenvalue weighted by molar-refractivity contribution is 0.0993. The number of rotatable bonds is 12. The normalized spacial score (nSPS) is 10.9. The van der Waals surface area contributed by atoms with E-state index in [9.17, 15) is 19.5 Å². The number of carbonyl (C=O) groups excluding carboxylic acids is 2. The van der Waals surface area contributed by atoms with Gasteiger partial charge in [-0.2, -0.15) is 0 Å². The molecule has 5 aromatic rings. The Balaban J connectivity index is 1.23. The maximum atomic E-state index is 13.4. The molecule has 0 unspecified atom stereocenters. The molecule has 5 rings (SSSR count). The predicted molar refractivity (Wildman–Crippen MR) is 172 cm³/mol. The average Bonchev–Trinajstić information content (AvgIpc) is 3.61. The fourth-order valence-electron chi connectivity index (χ4n) is 4.77. The smallest absolute Gasteiger partial charge is 0.291 e. The summed E-state index contributed by atoms with van der Waals surface area (Å²) in [6, 6.07) is 19.6. The molecule has 0 aliphatic carbocycles. The highest BCUT2D eigenvalue weighted by Crippen LogP contribution is 2.34. The molecule has 0 aliphatic rings. The van der Waals surface area contributed by atoms with Crippen molar-refractivity contribution < 1.29 is 28.6 Å². The van der Waals surface area contributed by atoms with Gasteiger partial charge >= 0.3 is 0 Å². The molecule has 2 amide bonds. The minimum atomic E-state index is -0.807. The van der Waals surface area contributed by atoms with Crippen molar-refractivity contribution in [3.63, 3.8) is 0 Å². The number of aromatic hydroxyl groups is 1. The molecule has 3 aromatic carbocycles. The van der Waals surface area contributed by atoms with E-state index in [2.05, 4.69) is 39.7 Å². The Hall–Kier alpha value is -5.88. The quantitative estimate of drug-likeness (QED) is 0.179. The van der Waals surface area contributed by atoms with Crippen molar-refractivity contribution in [2.75, 3.05) is 38.4 Å². The van der Waals surface area contributed by atoms with E-state index in [1.54, 1.807) is 12.5 Å². The van der Waals surface area contributed by atoms with Gasteiger partial charge in [0.25, 0.3) is 11.8 Å². The molecule has 2 heterocycles. The average molecular weight is 624 g/mol. The first-order valence-corrected chi connectivity index (χ1v) is 14.3. The fourth-order valence-corrected chi connectivity index (χ4v) is 4.77. The van der Waals surface area contributed by atoms with Crippen LogP contribution in [0.1, 0.15) is 32.0 Å². The van der Waals surface area contributed by atoms with Crippen molar-refractivity contribution in [1.82, 2.24) is 14.5 Å². The maximum Gasteiger partial charge on any atom is 0.291 e. The summed E-state index contributed by atoms with van der Waals surface area (Å²) in [5, 5.41) is 14.9. The summed E-state index contributed by atoms with van der Waals surface area (Å²) in [4.78, 5) is 44.4. The molecule has 0 saturated carbocycles. The number of methoxy groups -OCH3 is 2. The number of amides is 2. The molecule has 0 fully saturated rings. The van der Waals surface area contributed by atoms with Crippen LogP contribution < -0.4 is 25.5 Å². The van der Waals surface area contributed by atoms with Crippen LogP contribution in [0, 0.1) is 0 Å². The Morgan fingerprint density at radius 1 is 0.957 bits per heavy atom. The van der Waals surface area contributed by atoms with Gasteiger partial charge in [0.2, 0.25) is 5.43 Å². The van der Waals surface area contributed by atoms with E-state index in [0.717, 1.165) is 43.1 Å². The predicted octanol–water partition coefficient (Wildman–Crippen LogP) is 4.73. The third-order valence-corrected chi connectivity index (χ3v) is 7.21. The van der Waals surface area contributed by atoms with Crippen molar-refractivity contribution in [2.24, 2.45) is 0 Å². The Bertz CT molecular complexity index is 1890. The van der Waals surface area contributed by atoms with Gasteiger partial charge in [0, 0.05) is 49.0 Å². The first-order valence-electron chi connectivity index (χ1n) is 14.3. The number of hydrogen-bond acceptors (Lipinski definition) is 9. The molecule has 236 valence electrons. The zero-order chi connectivity index (χ0) is 32.6. The number of carbonyl (C=O) groups is 2. The summed E-state index contributed by atoms with van der Waals surface area (Å²) in [7, 11) is 4.92. The lowest BCUT2D eigenvalue weighted by Gasteiger charge is -2.18. The second-order valence-corrected chi connectivity index (χ2v) is 10.5. The van der Waals surface area contributed by atoms with Crippen LogP contribution in [0.15, 0.2) is 101 Å². The number of benzene rings is 3. The number of ether oxygens (including phenoxy) is 2. The third-order valence-electron chi connectivity index (χ3n) is 7.21. The van der Waals surface area contributed by atoms with Crippen LogP contribution >= 0.6 is 0 Å². The third kappa shape index (κ3) is 7.60. The van der Waals surface area contributed by atoms with Crippen molar-refractivity contribution in [2.45, 2.75) is 13.0 Å². The summed E-state index contributed by atoms with van der Waals surface area (Å²) < 4.78 is 17.7. The van der Waals surface area contributed by atoms with Crippen LogP contribution in [0.3, 0.4) is 0 Å². The van der Waals surface area contributed by atoms with Crippen LogP contribution in [-0.4, -0.2) is 59.2 Å². The van der Waals surface area contributed by atoms with Crippen molar-refractivity contribution in [1.29, 1.82) is 0 Å². The molecule has 0 saturated heterocycles. The lowest BCUT2D eigenvalue weighted by atomic mass is 10.1. The molecule has 0 bridgehead atoms. The van der Waals surface area contributed by atoms with Gasteiger partial charge in [0.1, 0.15) is 6.26 Å². The molecule has 12 heteroatoms. The molecule has 0 spiro atoms. The summed E-state index contributed by atoms with van der Waals surface area (Å²) in [5.74, 6) is -1.77. The topological polar surface area (TPSA) is 148 Å². The maximum absolute atomic E-state index is 13.4. The van der Waals surface area contributed by atoms with E-state index >= 15 is 0 Å². The van der Waals surface area contributed by atoms with E-state index in [0.29, 0.717) is 5.69 Å². The zero-order valence-electron chi connectivity index (χ0n) is 25.5. The van der Waals surface area contributed by atoms with Crippen molar-refractivity contribution >= 4 is 23.2 Å². The Morgan fingerprint density at radius 2 is 1.72 bits per heavy atom. The molecule has 0 radical (unpaired) electrons. The number of imidazole rings is 1. The number of aromatic nitrogens is 2. The highest BCUT2D eigenvalue weighted by molar-refractivity contribution is 6.12. The molecule has 46 heavy (non-hydrogen) atoms. The van der Waals surface area contributed by atoms with E-state index in [-0.39, 0.29) is 28.5 Å². The molecule has 3 N–H and O–H groups in total. The first-order chi connectivity index (χ1) is 22.2. The number of anilines is 2. The zero-order valence-corrected chi connectivity index (χ0v) is 25.5. The monoisotopic (exact) mass is 623 g/mol. The van der Waals surface area contributed by atoms with Gasteiger partial charge in [0.05, 0.1) is 31.8 Å². The molecule has 12 nitrogen and oxygen atoms in total. The molecule has 0 aliphatic heterocycles. The number of nitrogens with one attached hydrogen (secondary N) is 2. The summed E-state index contributed by atoms with van der Waals surface area (Å²) in [5.41, 5.74) is 3.30. The second-order valence-electron chi connectivity index (χ2n) is 10.5. The first kappa shape index (κ1) is 31.5. The van der Waals surface area contributed by atoms with Crippen LogP contribution in [0.4, 0.5) is 11.4 Å². The van der Waals surface area contributed by atoms with Gasteiger partial charge in [0.15, 0.2) is 23.0 Å². The summed E-state index contributed by atoms with van der Waals surface area (Å²) in [6.07, 6.45) is 7.03. The number of likely N-dealkylation sites (N-methyl/N-ethyl adjacent to an activating group) is 1. The van der Waals surface area contributed by atoms with Gasteiger partial charge in [-0.05, 0) is 54.9 Å².